The van der Waals surface area contributed by atoms with Gasteiger partial charge >= 0.3 is 0 Å². The van der Waals surface area contributed by atoms with Gasteiger partial charge in [-0.2, -0.15) is 0 Å². The number of aromatic nitrogens is 1. The highest BCUT2D eigenvalue weighted by molar-refractivity contribution is 6.42. The van der Waals surface area contributed by atoms with Crippen LogP contribution in [-0.4, -0.2) is 11.3 Å². The van der Waals surface area contributed by atoms with E-state index < -0.39 is 5.82 Å². The van der Waals surface area contributed by atoms with Crippen molar-refractivity contribution in [2.24, 2.45) is 0 Å². The fourth-order valence-corrected chi connectivity index (χ4v) is 1.65. The van der Waals surface area contributed by atoms with E-state index in [1.165, 1.54) is 12.1 Å². The summed E-state index contributed by atoms with van der Waals surface area (Å²) in [5.41, 5.74) is 0.906. The van der Waals surface area contributed by atoms with Crippen LogP contribution in [0.2, 0.25) is 10.0 Å². The lowest BCUT2D eigenvalue weighted by atomic mass is 10.1. The average molecular weight is 270 g/mol. The third-order valence-electron chi connectivity index (χ3n) is 2.20. The van der Waals surface area contributed by atoms with Gasteiger partial charge in [0.2, 0.25) is 0 Å². The van der Waals surface area contributed by atoms with Crippen molar-refractivity contribution in [1.82, 2.24) is 4.98 Å². The summed E-state index contributed by atoms with van der Waals surface area (Å²) in [5.74, 6) is -0.649. The maximum Gasteiger partial charge on any atom is 0.171 e. The van der Waals surface area contributed by atoms with Gasteiger partial charge in [0.25, 0.3) is 0 Å². The number of rotatable bonds is 2. The molecule has 0 amide bonds. The molecule has 0 saturated carbocycles. The van der Waals surface area contributed by atoms with Gasteiger partial charge in [-0.05, 0) is 24.3 Å². The van der Waals surface area contributed by atoms with Crippen LogP contribution in [0.5, 0.6) is 0 Å². The van der Waals surface area contributed by atoms with Crippen molar-refractivity contribution in [3.05, 3.63) is 51.9 Å². The van der Waals surface area contributed by atoms with Crippen LogP contribution < -0.4 is 0 Å². The first-order valence-electron chi connectivity index (χ1n) is 4.69. The van der Waals surface area contributed by atoms with Crippen molar-refractivity contribution >= 4 is 29.5 Å². The van der Waals surface area contributed by atoms with E-state index in [1.54, 1.807) is 18.2 Å². The molecule has 0 spiro atoms. The van der Waals surface area contributed by atoms with E-state index in [4.69, 9.17) is 23.2 Å². The van der Waals surface area contributed by atoms with Crippen LogP contribution in [-0.2, 0) is 0 Å². The third-order valence-corrected chi connectivity index (χ3v) is 2.94. The Balaban J connectivity index is 2.52. The van der Waals surface area contributed by atoms with Crippen LogP contribution in [0, 0.1) is 5.82 Å². The summed E-state index contributed by atoms with van der Waals surface area (Å²) in [6, 6.07) is 7.59. The highest BCUT2D eigenvalue weighted by Crippen LogP contribution is 2.27. The maximum atomic E-state index is 13.1. The Hall–Kier alpha value is -1.45. The number of carbonyl (C=O) groups excluding carboxylic acids is 1. The van der Waals surface area contributed by atoms with Gasteiger partial charge < -0.3 is 0 Å². The molecule has 0 fully saturated rings. The smallest absolute Gasteiger partial charge is 0.171 e. The van der Waals surface area contributed by atoms with Gasteiger partial charge in [-0.15, -0.1) is 0 Å². The van der Waals surface area contributed by atoms with Gasteiger partial charge in [-0.25, -0.2) is 9.37 Å². The van der Waals surface area contributed by atoms with Gasteiger partial charge in [0.05, 0.1) is 15.7 Å². The number of aldehydes is 1. The normalized spacial score (nSPS) is 10.3. The van der Waals surface area contributed by atoms with Gasteiger partial charge in [0.15, 0.2) is 12.1 Å². The van der Waals surface area contributed by atoms with Crippen LogP contribution >= 0.6 is 23.2 Å². The maximum absolute atomic E-state index is 13.1. The molecule has 1 aromatic carbocycles. The highest BCUT2D eigenvalue weighted by atomic mass is 35.5. The number of halogens is 3. The summed E-state index contributed by atoms with van der Waals surface area (Å²) in [7, 11) is 0. The Morgan fingerprint density at radius 2 is 1.88 bits per heavy atom. The highest BCUT2D eigenvalue weighted by Gasteiger charge is 2.07. The summed E-state index contributed by atoms with van der Waals surface area (Å²) in [6.07, 6.45) is 0.371. The second-order valence-electron chi connectivity index (χ2n) is 3.31. The number of carbonyl (C=O) groups is 1. The summed E-state index contributed by atoms with van der Waals surface area (Å²) >= 11 is 11.6. The molecule has 1 aromatic heterocycles. The minimum Gasteiger partial charge on any atom is -0.296 e. The lowest BCUT2D eigenvalue weighted by Crippen LogP contribution is -1.94. The molecule has 0 atom stereocenters. The van der Waals surface area contributed by atoms with E-state index in [0.29, 0.717) is 27.6 Å². The van der Waals surface area contributed by atoms with Gasteiger partial charge in [-0.1, -0.05) is 29.3 Å². The number of hydrogen-bond acceptors (Lipinski definition) is 2. The van der Waals surface area contributed by atoms with Crippen LogP contribution in [0.1, 0.15) is 10.5 Å². The molecule has 0 N–H and O–H groups in total. The molecule has 17 heavy (non-hydrogen) atoms. The molecule has 0 aliphatic rings. The zero-order valence-corrected chi connectivity index (χ0v) is 9.97. The third kappa shape index (κ3) is 2.46. The Labute approximate surface area is 107 Å². The predicted molar refractivity (Wildman–Crippen MR) is 65.0 cm³/mol. The van der Waals surface area contributed by atoms with E-state index in [2.05, 4.69) is 4.98 Å². The average Bonchev–Trinajstić information content (AvgIpc) is 2.33. The van der Waals surface area contributed by atoms with Crippen molar-refractivity contribution < 1.29 is 9.18 Å². The Bertz CT molecular complexity index is 587. The Morgan fingerprint density at radius 3 is 2.53 bits per heavy atom. The summed E-state index contributed by atoms with van der Waals surface area (Å²) in [5, 5.41) is 0.802. The van der Waals surface area contributed by atoms with E-state index >= 15 is 0 Å². The monoisotopic (exact) mass is 269 g/mol. The lowest BCUT2D eigenvalue weighted by Gasteiger charge is -2.04. The molecule has 0 saturated heterocycles. The molecule has 5 heteroatoms. The van der Waals surface area contributed by atoms with Crippen molar-refractivity contribution in [3.63, 3.8) is 0 Å². The molecule has 2 nitrogen and oxygen atoms in total. The second kappa shape index (κ2) is 4.82. The van der Waals surface area contributed by atoms with Crippen LogP contribution in [0.4, 0.5) is 4.39 Å². The van der Waals surface area contributed by atoms with Gasteiger partial charge in [-0.3, -0.25) is 4.79 Å². The lowest BCUT2D eigenvalue weighted by molar-refractivity contribution is 0.111. The van der Waals surface area contributed by atoms with Crippen LogP contribution in [0.3, 0.4) is 0 Å². The minimum atomic E-state index is -0.649. The number of hydrogen-bond donors (Lipinski definition) is 0. The van der Waals surface area contributed by atoms with E-state index in [1.807, 2.05) is 0 Å². The number of benzene rings is 1. The van der Waals surface area contributed by atoms with Gasteiger partial charge in [0, 0.05) is 5.56 Å². The second-order valence-corrected chi connectivity index (χ2v) is 4.12. The molecule has 2 aromatic rings. The molecule has 2 rings (SSSR count). The molecule has 0 aliphatic carbocycles. The number of pyridine rings is 1. The molecule has 86 valence electrons. The fourth-order valence-electron chi connectivity index (χ4n) is 1.36. The molecule has 0 radical (unpaired) electrons. The largest absolute Gasteiger partial charge is 0.296 e. The Kier molecular flexibility index (Phi) is 3.41. The molecular formula is C12H6Cl2FNO. The van der Waals surface area contributed by atoms with Crippen molar-refractivity contribution in [3.8, 4) is 11.3 Å². The van der Waals surface area contributed by atoms with Crippen molar-refractivity contribution in [2.45, 2.75) is 0 Å². The summed E-state index contributed by atoms with van der Waals surface area (Å²) in [6.45, 7) is 0. The SMILES string of the molecule is O=Cc1nc(-c2ccc(Cl)c(Cl)c2)ccc1F. The predicted octanol–water partition coefficient (Wildman–Crippen LogP) is 4.01. The first-order valence-corrected chi connectivity index (χ1v) is 5.44. The molecule has 1 heterocycles. The summed E-state index contributed by atoms with van der Waals surface area (Å²) < 4.78 is 13.1. The molecular weight excluding hydrogens is 264 g/mol. The topological polar surface area (TPSA) is 30.0 Å². The van der Waals surface area contributed by atoms with E-state index in [9.17, 15) is 9.18 Å². The molecule has 0 bridgehead atoms. The quantitative estimate of drug-likeness (QED) is 0.772. The summed E-state index contributed by atoms with van der Waals surface area (Å²) in [4.78, 5) is 14.5. The standard InChI is InChI=1S/C12H6Cl2FNO/c13-8-2-1-7(5-9(8)14)11-4-3-10(15)12(6-17)16-11/h1-6H. The first-order chi connectivity index (χ1) is 8.11. The molecule has 0 aliphatic heterocycles. The van der Waals surface area contributed by atoms with E-state index in [0.717, 1.165) is 0 Å². The zero-order chi connectivity index (χ0) is 12.4. The zero-order valence-electron chi connectivity index (χ0n) is 8.45. The van der Waals surface area contributed by atoms with Crippen LogP contribution in [0.15, 0.2) is 30.3 Å². The van der Waals surface area contributed by atoms with Crippen molar-refractivity contribution in [1.29, 1.82) is 0 Å². The van der Waals surface area contributed by atoms with E-state index in [-0.39, 0.29) is 5.69 Å². The van der Waals surface area contributed by atoms with Gasteiger partial charge in [0.1, 0.15) is 5.69 Å². The van der Waals surface area contributed by atoms with Crippen molar-refractivity contribution in [2.75, 3.05) is 0 Å². The first kappa shape index (κ1) is 12.0. The fraction of sp³-hybridized carbons (Fsp3) is 0. The number of nitrogens with zero attached hydrogens (tertiary/aromatic N) is 1. The Morgan fingerprint density at radius 1 is 1.12 bits per heavy atom. The van der Waals surface area contributed by atoms with Crippen LogP contribution in [0.25, 0.3) is 11.3 Å². The minimum absolute atomic E-state index is 0.228. The molecule has 0 unspecified atom stereocenters.